The Bertz CT molecular complexity index is 179. The number of hydrogen-bond donors (Lipinski definition) is 1. The Kier molecular flexibility index (Phi) is 7.82. The third-order valence-electron chi connectivity index (χ3n) is 4.11. The van der Waals surface area contributed by atoms with Crippen molar-refractivity contribution >= 4 is 0 Å². The lowest BCUT2D eigenvalue weighted by Crippen LogP contribution is -2.46. The fourth-order valence-corrected chi connectivity index (χ4v) is 2.67. The fourth-order valence-electron chi connectivity index (χ4n) is 2.67. The first-order valence-electron chi connectivity index (χ1n) is 7.35. The molecule has 1 heterocycles. The van der Waals surface area contributed by atoms with Crippen LogP contribution in [0.25, 0.3) is 0 Å². The molecule has 102 valence electrons. The van der Waals surface area contributed by atoms with E-state index in [1.165, 1.54) is 58.5 Å². The van der Waals surface area contributed by atoms with Crippen LogP contribution >= 0.6 is 0 Å². The highest BCUT2D eigenvalue weighted by Gasteiger charge is 2.15. The Morgan fingerprint density at radius 2 is 1.65 bits per heavy atom. The Balaban J connectivity index is 2.06. The van der Waals surface area contributed by atoms with Crippen molar-refractivity contribution in [2.24, 2.45) is 5.92 Å². The second-order valence-corrected chi connectivity index (χ2v) is 5.20. The number of likely N-dealkylation sites (N-methyl/N-ethyl adjacent to an activating group) is 1. The minimum atomic E-state index is 0.355. The second-order valence-electron chi connectivity index (χ2n) is 5.20. The van der Waals surface area contributed by atoms with E-state index >= 15 is 0 Å². The highest BCUT2D eigenvalue weighted by Crippen LogP contribution is 2.15. The Labute approximate surface area is 107 Å². The third kappa shape index (κ3) is 5.84. The van der Waals surface area contributed by atoms with Gasteiger partial charge in [0.25, 0.3) is 0 Å². The van der Waals surface area contributed by atoms with Crippen LogP contribution < -0.4 is 0 Å². The predicted molar refractivity (Wildman–Crippen MR) is 73.3 cm³/mol. The van der Waals surface area contributed by atoms with Crippen molar-refractivity contribution < 1.29 is 5.11 Å². The second kappa shape index (κ2) is 8.90. The lowest BCUT2D eigenvalue weighted by Gasteiger charge is -2.34. The number of piperazine rings is 1. The smallest absolute Gasteiger partial charge is 0.0433 e. The van der Waals surface area contributed by atoms with E-state index in [9.17, 15) is 0 Å². The quantitative estimate of drug-likeness (QED) is 0.703. The van der Waals surface area contributed by atoms with Gasteiger partial charge in [-0.15, -0.1) is 0 Å². The van der Waals surface area contributed by atoms with E-state index in [0.717, 1.165) is 12.3 Å². The highest BCUT2D eigenvalue weighted by atomic mass is 16.3. The average molecular weight is 242 g/mol. The van der Waals surface area contributed by atoms with Crippen LogP contribution in [0.2, 0.25) is 0 Å². The summed E-state index contributed by atoms with van der Waals surface area (Å²) in [5, 5.41) is 8.96. The van der Waals surface area contributed by atoms with Crippen LogP contribution in [0.5, 0.6) is 0 Å². The molecule has 0 aromatic rings. The molecule has 17 heavy (non-hydrogen) atoms. The van der Waals surface area contributed by atoms with Crippen molar-refractivity contribution in [3.63, 3.8) is 0 Å². The Morgan fingerprint density at radius 3 is 2.18 bits per heavy atom. The number of aliphatic hydroxyl groups excluding tert-OH is 1. The monoisotopic (exact) mass is 242 g/mol. The molecule has 1 rings (SSSR count). The molecule has 0 spiro atoms. The van der Waals surface area contributed by atoms with Crippen molar-refractivity contribution in [1.29, 1.82) is 0 Å². The molecule has 1 atom stereocenters. The molecule has 3 nitrogen and oxygen atoms in total. The highest BCUT2D eigenvalue weighted by molar-refractivity contribution is 4.71. The zero-order valence-corrected chi connectivity index (χ0v) is 11.7. The van der Waals surface area contributed by atoms with Gasteiger partial charge in [-0.05, 0) is 38.3 Å². The van der Waals surface area contributed by atoms with Gasteiger partial charge in [0.2, 0.25) is 0 Å². The molecule has 1 fully saturated rings. The first kappa shape index (κ1) is 14.9. The fraction of sp³-hybridized carbons (Fsp3) is 1.00. The molecule has 1 N–H and O–H groups in total. The topological polar surface area (TPSA) is 26.7 Å². The van der Waals surface area contributed by atoms with Crippen LogP contribution in [0.1, 0.15) is 39.5 Å². The molecule has 1 aliphatic rings. The normalized spacial score (nSPS) is 20.6. The molecule has 0 aromatic heterocycles. The third-order valence-corrected chi connectivity index (χ3v) is 4.11. The van der Waals surface area contributed by atoms with E-state index in [1.54, 1.807) is 0 Å². The number of aliphatic hydroxyl groups is 1. The molecule has 1 saturated heterocycles. The minimum absolute atomic E-state index is 0.355. The van der Waals surface area contributed by atoms with Crippen LogP contribution in [-0.2, 0) is 0 Å². The van der Waals surface area contributed by atoms with Crippen molar-refractivity contribution in [1.82, 2.24) is 9.80 Å². The van der Waals surface area contributed by atoms with Crippen LogP contribution in [0.4, 0.5) is 0 Å². The van der Waals surface area contributed by atoms with Crippen LogP contribution in [0, 0.1) is 5.92 Å². The zero-order chi connectivity index (χ0) is 12.5. The lowest BCUT2D eigenvalue weighted by atomic mass is 9.97. The number of hydrogen-bond acceptors (Lipinski definition) is 3. The lowest BCUT2D eigenvalue weighted by molar-refractivity contribution is 0.133. The summed E-state index contributed by atoms with van der Waals surface area (Å²) in [7, 11) is 0. The summed E-state index contributed by atoms with van der Waals surface area (Å²) in [6.45, 7) is 12.2. The maximum atomic E-state index is 8.96. The summed E-state index contributed by atoms with van der Waals surface area (Å²) >= 11 is 0. The first-order valence-corrected chi connectivity index (χ1v) is 7.35. The van der Waals surface area contributed by atoms with Gasteiger partial charge in [0.15, 0.2) is 0 Å². The molecule has 0 bridgehead atoms. The molecular weight excluding hydrogens is 212 g/mol. The summed E-state index contributed by atoms with van der Waals surface area (Å²) < 4.78 is 0. The van der Waals surface area contributed by atoms with Gasteiger partial charge in [-0.1, -0.05) is 20.3 Å². The van der Waals surface area contributed by atoms with Gasteiger partial charge in [-0.3, -0.25) is 0 Å². The number of nitrogens with zero attached hydrogens (tertiary/aromatic N) is 2. The maximum Gasteiger partial charge on any atom is 0.0433 e. The summed E-state index contributed by atoms with van der Waals surface area (Å²) in [5.41, 5.74) is 0. The van der Waals surface area contributed by atoms with Crippen molar-refractivity contribution in [2.75, 3.05) is 45.9 Å². The van der Waals surface area contributed by atoms with E-state index in [0.29, 0.717) is 6.61 Å². The van der Waals surface area contributed by atoms with Crippen LogP contribution in [0.15, 0.2) is 0 Å². The van der Waals surface area contributed by atoms with Gasteiger partial charge in [-0.25, -0.2) is 0 Å². The summed E-state index contributed by atoms with van der Waals surface area (Å²) in [5.74, 6) is 0.733. The molecule has 0 aliphatic carbocycles. The van der Waals surface area contributed by atoms with Crippen molar-refractivity contribution in [3.05, 3.63) is 0 Å². The van der Waals surface area contributed by atoms with Gasteiger partial charge >= 0.3 is 0 Å². The van der Waals surface area contributed by atoms with Crippen molar-refractivity contribution in [2.45, 2.75) is 39.5 Å². The van der Waals surface area contributed by atoms with E-state index in [1.807, 2.05) is 0 Å². The van der Waals surface area contributed by atoms with Crippen LogP contribution in [0.3, 0.4) is 0 Å². The molecule has 0 amide bonds. The number of rotatable bonds is 8. The summed E-state index contributed by atoms with van der Waals surface area (Å²) in [6.07, 6.45) is 4.78. The molecular formula is C14H30N2O. The molecule has 0 unspecified atom stereocenters. The standard InChI is InChI=1S/C14H30N2O/c1-3-14(7-13-17)6-5-8-16-11-9-15(4-2)10-12-16/h14,17H,3-13H2,1-2H3/t14-/m1/s1. The van der Waals surface area contributed by atoms with E-state index < -0.39 is 0 Å². The van der Waals surface area contributed by atoms with Gasteiger partial charge in [-0.2, -0.15) is 0 Å². The minimum Gasteiger partial charge on any atom is -0.396 e. The Morgan fingerprint density at radius 1 is 1.00 bits per heavy atom. The predicted octanol–water partition coefficient (Wildman–Crippen LogP) is 1.81. The van der Waals surface area contributed by atoms with E-state index in [-0.39, 0.29) is 0 Å². The van der Waals surface area contributed by atoms with Gasteiger partial charge in [0, 0.05) is 32.8 Å². The molecule has 0 aromatic carbocycles. The molecule has 1 aliphatic heterocycles. The van der Waals surface area contributed by atoms with E-state index in [2.05, 4.69) is 23.6 Å². The van der Waals surface area contributed by atoms with Gasteiger partial charge < -0.3 is 14.9 Å². The molecule has 0 saturated carbocycles. The molecule has 0 radical (unpaired) electrons. The largest absolute Gasteiger partial charge is 0.396 e. The van der Waals surface area contributed by atoms with Crippen molar-refractivity contribution in [3.8, 4) is 0 Å². The van der Waals surface area contributed by atoms with Gasteiger partial charge in [0.1, 0.15) is 0 Å². The zero-order valence-electron chi connectivity index (χ0n) is 11.7. The SMILES string of the molecule is CC[C@@H](CCO)CCCN1CCN(CC)CC1. The maximum absolute atomic E-state index is 8.96. The first-order chi connectivity index (χ1) is 8.30. The van der Waals surface area contributed by atoms with E-state index in [4.69, 9.17) is 5.11 Å². The molecule has 3 heteroatoms. The summed E-state index contributed by atoms with van der Waals surface area (Å²) in [6, 6.07) is 0. The Hall–Kier alpha value is -0.120. The van der Waals surface area contributed by atoms with Gasteiger partial charge in [0.05, 0.1) is 0 Å². The van der Waals surface area contributed by atoms with Crippen LogP contribution in [-0.4, -0.2) is 60.8 Å². The summed E-state index contributed by atoms with van der Waals surface area (Å²) in [4.78, 5) is 5.12. The average Bonchev–Trinajstić information content (AvgIpc) is 2.38.